The summed E-state index contributed by atoms with van der Waals surface area (Å²) in [6, 6.07) is 4.66. The lowest BCUT2D eigenvalue weighted by molar-refractivity contribution is 0.0688. The molecule has 1 saturated heterocycles. The molecule has 1 atom stereocenters. The number of aryl methyl sites for hydroxylation is 1. The Morgan fingerprint density at radius 1 is 1.20 bits per heavy atom. The minimum atomic E-state index is 0. The minimum Gasteiger partial charge on any atom is -0.464 e. The highest BCUT2D eigenvalue weighted by Crippen LogP contribution is 2.38. The summed E-state index contributed by atoms with van der Waals surface area (Å²) in [5.74, 6) is 2.22. The van der Waals surface area contributed by atoms with Crippen LogP contribution in [0.2, 0.25) is 0 Å². The van der Waals surface area contributed by atoms with Crippen LogP contribution in [0.4, 0.5) is 0 Å². The zero-order valence-corrected chi connectivity index (χ0v) is 14.6. The Kier molecular flexibility index (Phi) is 8.19. The summed E-state index contributed by atoms with van der Waals surface area (Å²) in [6.07, 6.45) is 0.971. The van der Waals surface area contributed by atoms with E-state index in [9.17, 15) is 0 Å². The van der Waals surface area contributed by atoms with Gasteiger partial charge in [0.05, 0.1) is 6.04 Å². The van der Waals surface area contributed by atoms with E-state index < -0.39 is 0 Å². The standard InChI is InChI=1S/C15H26N2O.2ClH/c1-5-12-6-7-13(18-12)14(15(2,3)4)17-10-8-16-9-11-17;;/h6-7,14,16H,5,8-11H2,1-4H3;2*1H/t14-;;/m0../s1. The summed E-state index contributed by atoms with van der Waals surface area (Å²) < 4.78 is 6.01. The van der Waals surface area contributed by atoms with Crippen molar-refractivity contribution in [1.29, 1.82) is 0 Å². The maximum Gasteiger partial charge on any atom is 0.121 e. The average molecular weight is 323 g/mol. The van der Waals surface area contributed by atoms with Crippen molar-refractivity contribution in [1.82, 2.24) is 10.2 Å². The monoisotopic (exact) mass is 322 g/mol. The molecule has 1 aromatic heterocycles. The molecule has 1 fully saturated rings. The number of hydrogen-bond acceptors (Lipinski definition) is 3. The van der Waals surface area contributed by atoms with Crippen LogP contribution >= 0.6 is 24.8 Å². The van der Waals surface area contributed by atoms with Crippen molar-refractivity contribution in [3.8, 4) is 0 Å². The minimum absolute atomic E-state index is 0. The van der Waals surface area contributed by atoms with Gasteiger partial charge in [0.15, 0.2) is 0 Å². The second-order valence-electron chi connectivity index (χ2n) is 6.21. The van der Waals surface area contributed by atoms with Gasteiger partial charge in [-0.05, 0) is 17.5 Å². The molecule has 1 aliphatic heterocycles. The highest BCUT2D eigenvalue weighted by Gasteiger charge is 2.34. The molecule has 0 amide bonds. The fourth-order valence-corrected chi connectivity index (χ4v) is 2.83. The van der Waals surface area contributed by atoms with E-state index in [1.165, 1.54) is 0 Å². The maximum atomic E-state index is 6.01. The van der Waals surface area contributed by atoms with Crippen molar-refractivity contribution in [3.63, 3.8) is 0 Å². The molecule has 1 aromatic rings. The van der Waals surface area contributed by atoms with Gasteiger partial charge in [0, 0.05) is 32.6 Å². The number of piperazine rings is 1. The van der Waals surface area contributed by atoms with Crippen molar-refractivity contribution in [2.75, 3.05) is 26.2 Å². The van der Waals surface area contributed by atoms with Crippen LogP contribution in [-0.2, 0) is 6.42 Å². The molecule has 0 aromatic carbocycles. The number of hydrogen-bond donors (Lipinski definition) is 1. The summed E-state index contributed by atoms with van der Waals surface area (Å²) in [4.78, 5) is 2.55. The molecule has 0 radical (unpaired) electrons. The molecule has 1 N–H and O–H groups in total. The molecule has 5 heteroatoms. The largest absolute Gasteiger partial charge is 0.464 e. The maximum absolute atomic E-state index is 6.01. The lowest BCUT2D eigenvalue weighted by Crippen LogP contribution is -2.48. The van der Waals surface area contributed by atoms with Crippen molar-refractivity contribution in [2.45, 2.75) is 40.2 Å². The third-order valence-electron chi connectivity index (χ3n) is 3.64. The quantitative estimate of drug-likeness (QED) is 0.920. The molecular weight excluding hydrogens is 295 g/mol. The van der Waals surface area contributed by atoms with Crippen LogP contribution in [0.3, 0.4) is 0 Å². The van der Waals surface area contributed by atoms with Crippen molar-refractivity contribution < 1.29 is 4.42 Å². The highest BCUT2D eigenvalue weighted by atomic mass is 35.5. The Balaban J connectivity index is 0.00000180. The van der Waals surface area contributed by atoms with Crippen LogP contribution in [0.15, 0.2) is 16.5 Å². The first-order valence-corrected chi connectivity index (χ1v) is 7.05. The third-order valence-corrected chi connectivity index (χ3v) is 3.64. The molecule has 118 valence electrons. The zero-order chi connectivity index (χ0) is 13.2. The molecular formula is C15H28Cl2N2O. The van der Waals surface area contributed by atoms with Gasteiger partial charge in [-0.25, -0.2) is 0 Å². The van der Waals surface area contributed by atoms with Gasteiger partial charge in [0.1, 0.15) is 11.5 Å². The number of halogens is 2. The van der Waals surface area contributed by atoms with Crippen molar-refractivity contribution >= 4 is 24.8 Å². The van der Waals surface area contributed by atoms with Crippen LogP contribution in [0.1, 0.15) is 45.3 Å². The van der Waals surface area contributed by atoms with Gasteiger partial charge >= 0.3 is 0 Å². The molecule has 0 saturated carbocycles. The zero-order valence-electron chi connectivity index (χ0n) is 12.9. The van der Waals surface area contributed by atoms with Gasteiger partial charge in [-0.3, -0.25) is 4.90 Å². The van der Waals surface area contributed by atoms with Gasteiger partial charge in [0.25, 0.3) is 0 Å². The van der Waals surface area contributed by atoms with E-state index in [2.05, 4.69) is 50.0 Å². The van der Waals surface area contributed by atoms with E-state index in [0.717, 1.165) is 44.1 Å². The first-order valence-electron chi connectivity index (χ1n) is 7.05. The van der Waals surface area contributed by atoms with E-state index in [0.29, 0.717) is 6.04 Å². The van der Waals surface area contributed by atoms with Crippen LogP contribution in [0, 0.1) is 5.41 Å². The van der Waals surface area contributed by atoms with Crippen LogP contribution in [-0.4, -0.2) is 31.1 Å². The molecule has 0 unspecified atom stereocenters. The first kappa shape index (κ1) is 19.8. The van der Waals surface area contributed by atoms with E-state index in [-0.39, 0.29) is 30.2 Å². The predicted octanol–water partition coefficient (Wildman–Crippen LogP) is 3.68. The van der Waals surface area contributed by atoms with Crippen LogP contribution in [0.5, 0.6) is 0 Å². The summed E-state index contributed by atoms with van der Waals surface area (Å²) in [5.41, 5.74) is 0.195. The molecule has 1 aliphatic rings. The molecule has 3 nitrogen and oxygen atoms in total. The smallest absolute Gasteiger partial charge is 0.121 e. The Hall–Kier alpha value is -0.220. The predicted molar refractivity (Wildman–Crippen MR) is 89.2 cm³/mol. The Bertz CT molecular complexity index is 381. The first-order chi connectivity index (χ1) is 8.52. The van der Waals surface area contributed by atoms with Gasteiger partial charge < -0.3 is 9.73 Å². The second kappa shape index (κ2) is 8.28. The lowest BCUT2D eigenvalue weighted by atomic mass is 9.84. The number of nitrogens with zero attached hydrogens (tertiary/aromatic N) is 1. The van der Waals surface area contributed by atoms with Gasteiger partial charge in [-0.1, -0.05) is 27.7 Å². The normalized spacial score (nSPS) is 18.0. The molecule has 20 heavy (non-hydrogen) atoms. The molecule has 0 bridgehead atoms. The Morgan fingerprint density at radius 2 is 1.80 bits per heavy atom. The Labute approximate surface area is 135 Å². The van der Waals surface area contributed by atoms with Crippen LogP contribution in [0.25, 0.3) is 0 Å². The fourth-order valence-electron chi connectivity index (χ4n) is 2.83. The molecule has 0 spiro atoms. The van der Waals surface area contributed by atoms with Crippen LogP contribution < -0.4 is 5.32 Å². The van der Waals surface area contributed by atoms with E-state index in [1.807, 2.05) is 0 Å². The molecule has 2 rings (SSSR count). The average Bonchev–Trinajstić information content (AvgIpc) is 2.77. The summed E-state index contributed by atoms with van der Waals surface area (Å²) in [5, 5.41) is 3.42. The topological polar surface area (TPSA) is 28.4 Å². The highest BCUT2D eigenvalue weighted by molar-refractivity contribution is 5.85. The summed E-state index contributed by atoms with van der Waals surface area (Å²) in [7, 11) is 0. The summed E-state index contributed by atoms with van der Waals surface area (Å²) >= 11 is 0. The van der Waals surface area contributed by atoms with E-state index >= 15 is 0 Å². The summed E-state index contributed by atoms with van der Waals surface area (Å²) in [6.45, 7) is 13.4. The number of nitrogens with one attached hydrogen (secondary N) is 1. The number of furan rings is 1. The second-order valence-corrected chi connectivity index (χ2v) is 6.21. The fraction of sp³-hybridized carbons (Fsp3) is 0.733. The van der Waals surface area contributed by atoms with Gasteiger partial charge in [0.2, 0.25) is 0 Å². The Morgan fingerprint density at radius 3 is 2.25 bits per heavy atom. The molecule has 0 aliphatic carbocycles. The van der Waals surface area contributed by atoms with E-state index in [1.54, 1.807) is 0 Å². The van der Waals surface area contributed by atoms with Crippen molar-refractivity contribution in [3.05, 3.63) is 23.7 Å². The van der Waals surface area contributed by atoms with Gasteiger partial charge in [-0.2, -0.15) is 0 Å². The van der Waals surface area contributed by atoms with E-state index in [4.69, 9.17) is 4.42 Å². The van der Waals surface area contributed by atoms with Crippen molar-refractivity contribution in [2.24, 2.45) is 5.41 Å². The van der Waals surface area contributed by atoms with Gasteiger partial charge in [-0.15, -0.1) is 24.8 Å². The number of rotatable bonds is 3. The third kappa shape index (κ3) is 4.66. The molecule has 2 heterocycles. The lowest BCUT2D eigenvalue weighted by Gasteiger charge is -2.41. The SMILES string of the molecule is CCc1ccc([C@H](N2CCNCC2)C(C)(C)C)o1.Cl.Cl.